The zero-order valence-corrected chi connectivity index (χ0v) is 12.7. The molecule has 1 amide bonds. The molecule has 1 atom stereocenters. The van der Waals surface area contributed by atoms with Crippen LogP contribution in [0.5, 0.6) is 0 Å². The van der Waals surface area contributed by atoms with Gasteiger partial charge >= 0.3 is 0 Å². The fourth-order valence-corrected chi connectivity index (χ4v) is 2.26. The number of halogens is 1. The van der Waals surface area contributed by atoms with Crippen molar-refractivity contribution >= 4 is 17.5 Å². The molecule has 2 rings (SSSR count). The summed E-state index contributed by atoms with van der Waals surface area (Å²) >= 11 is 5.90. The molecule has 110 valence electrons. The Morgan fingerprint density at radius 1 is 1.55 bits per heavy atom. The van der Waals surface area contributed by atoms with Gasteiger partial charge in [0.05, 0.1) is 6.61 Å². The number of pyridine rings is 1. The van der Waals surface area contributed by atoms with E-state index < -0.39 is 5.79 Å². The molecule has 1 aromatic heterocycles. The van der Waals surface area contributed by atoms with Crippen LogP contribution in [-0.4, -0.2) is 35.9 Å². The number of aryl methyl sites for hydroxylation is 1. The molecule has 1 aliphatic heterocycles. The molecule has 1 fully saturated rings. The Labute approximate surface area is 123 Å². The van der Waals surface area contributed by atoms with Crippen molar-refractivity contribution in [2.24, 2.45) is 0 Å². The number of carbonyl (C=O) groups is 1. The fourth-order valence-electron chi connectivity index (χ4n) is 2.04. The SMILES string of the molecule is CCc1cc(C(=O)NCC2COC(C)(C)O2)cc(Cl)n1. The van der Waals surface area contributed by atoms with Gasteiger partial charge in [0.15, 0.2) is 5.79 Å². The number of nitrogens with one attached hydrogen (secondary N) is 1. The lowest BCUT2D eigenvalue weighted by Crippen LogP contribution is -2.34. The first-order chi connectivity index (χ1) is 9.39. The maximum absolute atomic E-state index is 12.1. The van der Waals surface area contributed by atoms with Gasteiger partial charge in [-0.2, -0.15) is 0 Å². The van der Waals surface area contributed by atoms with Crippen molar-refractivity contribution in [3.8, 4) is 0 Å². The molecule has 0 spiro atoms. The van der Waals surface area contributed by atoms with E-state index in [-0.39, 0.29) is 12.0 Å². The van der Waals surface area contributed by atoms with Gasteiger partial charge in [0, 0.05) is 17.8 Å². The Hall–Kier alpha value is -1.17. The van der Waals surface area contributed by atoms with Crippen LogP contribution >= 0.6 is 11.6 Å². The van der Waals surface area contributed by atoms with E-state index in [0.717, 1.165) is 12.1 Å². The highest BCUT2D eigenvalue weighted by Gasteiger charge is 2.32. The van der Waals surface area contributed by atoms with Crippen LogP contribution in [0, 0.1) is 0 Å². The molecule has 1 aliphatic rings. The van der Waals surface area contributed by atoms with Gasteiger partial charge in [0.2, 0.25) is 0 Å². The number of ether oxygens (including phenoxy) is 2. The van der Waals surface area contributed by atoms with Crippen molar-refractivity contribution in [2.75, 3.05) is 13.2 Å². The highest BCUT2D eigenvalue weighted by molar-refractivity contribution is 6.29. The zero-order valence-electron chi connectivity index (χ0n) is 11.9. The van der Waals surface area contributed by atoms with E-state index in [4.69, 9.17) is 21.1 Å². The molecule has 6 heteroatoms. The van der Waals surface area contributed by atoms with Crippen LogP contribution < -0.4 is 5.32 Å². The number of hydrogen-bond acceptors (Lipinski definition) is 4. The van der Waals surface area contributed by atoms with E-state index in [9.17, 15) is 4.79 Å². The molecule has 1 unspecified atom stereocenters. The molecule has 0 bridgehead atoms. The molecular weight excluding hydrogens is 280 g/mol. The summed E-state index contributed by atoms with van der Waals surface area (Å²) in [6.07, 6.45) is 0.603. The minimum Gasteiger partial charge on any atom is -0.349 e. The van der Waals surface area contributed by atoms with Crippen LogP contribution in [0.3, 0.4) is 0 Å². The third kappa shape index (κ3) is 3.91. The number of aromatic nitrogens is 1. The minimum absolute atomic E-state index is 0.128. The lowest BCUT2D eigenvalue weighted by atomic mass is 10.2. The molecule has 0 saturated carbocycles. The minimum atomic E-state index is -0.579. The van der Waals surface area contributed by atoms with Crippen molar-refractivity contribution in [1.82, 2.24) is 10.3 Å². The number of hydrogen-bond donors (Lipinski definition) is 1. The van der Waals surface area contributed by atoms with Crippen LogP contribution in [0.25, 0.3) is 0 Å². The average Bonchev–Trinajstić information content (AvgIpc) is 2.74. The van der Waals surface area contributed by atoms with Gasteiger partial charge in [-0.25, -0.2) is 4.98 Å². The third-order valence-electron chi connectivity index (χ3n) is 3.03. The summed E-state index contributed by atoms with van der Waals surface area (Å²) in [4.78, 5) is 16.2. The Kier molecular flexibility index (Phi) is 4.62. The summed E-state index contributed by atoms with van der Waals surface area (Å²) in [5.74, 6) is -0.762. The Bertz CT molecular complexity index is 505. The third-order valence-corrected chi connectivity index (χ3v) is 3.22. The Morgan fingerprint density at radius 2 is 2.30 bits per heavy atom. The molecule has 0 aliphatic carbocycles. The fraction of sp³-hybridized carbons (Fsp3) is 0.571. The monoisotopic (exact) mass is 298 g/mol. The smallest absolute Gasteiger partial charge is 0.251 e. The van der Waals surface area contributed by atoms with Crippen molar-refractivity contribution < 1.29 is 14.3 Å². The number of carbonyl (C=O) groups excluding carboxylic acids is 1. The molecule has 0 radical (unpaired) electrons. The summed E-state index contributed by atoms with van der Waals surface area (Å²) in [5, 5.41) is 3.16. The molecule has 5 nitrogen and oxygen atoms in total. The summed E-state index contributed by atoms with van der Waals surface area (Å²) < 4.78 is 11.1. The second kappa shape index (κ2) is 6.08. The zero-order chi connectivity index (χ0) is 14.8. The van der Waals surface area contributed by atoms with Gasteiger partial charge in [-0.05, 0) is 32.4 Å². The summed E-state index contributed by atoms with van der Waals surface area (Å²) in [5.41, 5.74) is 1.31. The standard InChI is InChI=1S/C14H19ClN2O3/c1-4-10-5-9(6-12(15)17-10)13(18)16-7-11-8-19-14(2,3)20-11/h5-6,11H,4,7-8H2,1-3H3,(H,16,18). The van der Waals surface area contributed by atoms with Gasteiger partial charge in [0.25, 0.3) is 5.91 Å². The predicted octanol–water partition coefficient (Wildman–Crippen LogP) is 2.18. The Balaban J connectivity index is 1.94. The topological polar surface area (TPSA) is 60.5 Å². The van der Waals surface area contributed by atoms with E-state index in [1.807, 2.05) is 20.8 Å². The van der Waals surface area contributed by atoms with E-state index >= 15 is 0 Å². The summed E-state index contributed by atoms with van der Waals surface area (Å²) in [6, 6.07) is 3.31. The van der Waals surface area contributed by atoms with Gasteiger partial charge < -0.3 is 14.8 Å². The maximum atomic E-state index is 12.1. The normalized spacial score (nSPS) is 20.9. The molecule has 20 heavy (non-hydrogen) atoms. The highest BCUT2D eigenvalue weighted by Crippen LogP contribution is 2.21. The Morgan fingerprint density at radius 3 is 2.90 bits per heavy atom. The van der Waals surface area contributed by atoms with E-state index in [1.165, 1.54) is 0 Å². The molecule has 0 aromatic carbocycles. The number of nitrogens with zero attached hydrogens (tertiary/aromatic N) is 1. The lowest BCUT2D eigenvalue weighted by molar-refractivity contribution is -0.137. The van der Waals surface area contributed by atoms with E-state index in [0.29, 0.717) is 23.9 Å². The lowest BCUT2D eigenvalue weighted by Gasteiger charge is -2.17. The number of amides is 1. The van der Waals surface area contributed by atoms with Crippen molar-refractivity contribution in [1.29, 1.82) is 0 Å². The molecule has 1 saturated heterocycles. The van der Waals surface area contributed by atoms with E-state index in [1.54, 1.807) is 12.1 Å². The molecule has 1 N–H and O–H groups in total. The maximum Gasteiger partial charge on any atom is 0.251 e. The first-order valence-corrected chi connectivity index (χ1v) is 7.04. The predicted molar refractivity (Wildman–Crippen MR) is 75.9 cm³/mol. The van der Waals surface area contributed by atoms with Crippen LogP contribution in [0.2, 0.25) is 5.15 Å². The van der Waals surface area contributed by atoms with Crippen molar-refractivity contribution in [3.63, 3.8) is 0 Å². The molecule has 2 heterocycles. The second-order valence-electron chi connectivity index (χ2n) is 5.18. The van der Waals surface area contributed by atoms with E-state index in [2.05, 4.69) is 10.3 Å². The number of rotatable bonds is 4. The van der Waals surface area contributed by atoms with Crippen molar-refractivity contribution in [2.45, 2.75) is 39.1 Å². The molecular formula is C14H19ClN2O3. The van der Waals surface area contributed by atoms with Crippen LogP contribution in [0.4, 0.5) is 0 Å². The van der Waals surface area contributed by atoms with Gasteiger partial charge in [-0.3, -0.25) is 4.79 Å². The summed E-state index contributed by atoms with van der Waals surface area (Å²) in [6.45, 7) is 6.55. The largest absolute Gasteiger partial charge is 0.349 e. The van der Waals surface area contributed by atoms with Crippen LogP contribution in [0.1, 0.15) is 36.8 Å². The first-order valence-electron chi connectivity index (χ1n) is 6.66. The van der Waals surface area contributed by atoms with Gasteiger partial charge in [0.1, 0.15) is 11.3 Å². The van der Waals surface area contributed by atoms with Gasteiger partial charge in [-0.15, -0.1) is 0 Å². The molecule has 1 aromatic rings. The highest BCUT2D eigenvalue weighted by atomic mass is 35.5. The average molecular weight is 299 g/mol. The van der Waals surface area contributed by atoms with Crippen LogP contribution in [-0.2, 0) is 15.9 Å². The summed E-state index contributed by atoms with van der Waals surface area (Å²) in [7, 11) is 0. The van der Waals surface area contributed by atoms with Crippen LogP contribution in [0.15, 0.2) is 12.1 Å². The van der Waals surface area contributed by atoms with Gasteiger partial charge in [-0.1, -0.05) is 18.5 Å². The second-order valence-corrected chi connectivity index (χ2v) is 5.57. The first kappa shape index (κ1) is 15.2. The van der Waals surface area contributed by atoms with Crippen molar-refractivity contribution in [3.05, 3.63) is 28.5 Å². The quantitative estimate of drug-likeness (QED) is 0.866.